The van der Waals surface area contributed by atoms with E-state index in [0.717, 1.165) is 23.3 Å². The number of allylic oxidation sites excluding steroid dienone is 1. The molecule has 1 amide bonds. The zero-order valence-corrected chi connectivity index (χ0v) is 17.1. The van der Waals surface area contributed by atoms with E-state index in [0.29, 0.717) is 12.1 Å². The molecule has 160 valence electrons. The van der Waals surface area contributed by atoms with Gasteiger partial charge in [-0.2, -0.15) is 13.2 Å². The van der Waals surface area contributed by atoms with Crippen molar-refractivity contribution in [3.8, 4) is 0 Å². The Balaban J connectivity index is 1.83. The molecule has 31 heavy (non-hydrogen) atoms. The summed E-state index contributed by atoms with van der Waals surface area (Å²) in [5, 5.41) is 2.93. The van der Waals surface area contributed by atoms with Crippen LogP contribution in [0.1, 0.15) is 35.1 Å². The van der Waals surface area contributed by atoms with Crippen LogP contribution in [0, 0.1) is 5.92 Å². The van der Waals surface area contributed by atoms with E-state index >= 15 is 0 Å². The smallest absolute Gasteiger partial charge is 0.351 e. The van der Waals surface area contributed by atoms with Gasteiger partial charge in [0.25, 0.3) is 0 Å². The van der Waals surface area contributed by atoms with Gasteiger partial charge in [0.1, 0.15) is 0 Å². The Morgan fingerprint density at radius 3 is 2.06 bits per heavy atom. The molecule has 2 nitrogen and oxygen atoms in total. The molecule has 0 saturated heterocycles. The fourth-order valence-corrected chi connectivity index (χ4v) is 3.41. The van der Waals surface area contributed by atoms with E-state index in [1.807, 2.05) is 79.7 Å². The van der Waals surface area contributed by atoms with Gasteiger partial charge in [0.15, 0.2) is 0 Å². The Morgan fingerprint density at radius 1 is 0.903 bits per heavy atom. The number of alkyl halides is 3. The Morgan fingerprint density at radius 2 is 1.48 bits per heavy atom. The SMILES string of the molecule is C[C@@H](/C=C/c1ccccc1)[C@H](C(=O)NCc1ccccc1)c1ccc(C(F)(F)F)cc1. The number of amides is 1. The second-order valence-electron chi connectivity index (χ2n) is 7.43. The van der Waals surface area contributed by atoms with Crippen LogP contribution < -0.4 is 5.32 Å². The van der Waals surface area contributed by atoms with Crippen LogP contribution in [0.3, 0.4) is 0 Å². The van der Waals surface area contributed by atoms with Crippen molar-refractivity contribution < 1.29 is 18.0 Å². The monoisotopic (exact) mass is 423 g/mol. The van der Waals surface area contributed by atoms with Crippen molar-refractivity contribution in [1.82, 2.24) is 5.32 Å². The summed E-state index contributed by atoms with van der Waals surface area (Å²) in [4.78, 5) is 13.1. The summed E-state index contributed by atoms with van der Waals surface area (Å²) >= 11 is 0. The molecular formula is C26H24F3NO. The summed E-state index contributed by atoms with van der Waals surface area (Å²) < 4.78 is 38.9. The Hall–Kier alpha value is -3.34. The fraction of sp³-hybridized carbons (Fsp3) is 0.192. The second kappa shape index (κ2) is 10.1. The topological polar surface area (TPSA) is 29.1 Å². The van der Waals surface area contributed by atoms with Crippen LogP contribution in [0.2, 0.25) is 0 Å². The van der Waals surface area contributed by atoms with E-state index in [4.69, 9.17) is 0 Å². The molecule has 0 heterocycles. The number of nitrogens with one attached hydrogen (secondary N) is 1. The standard InChI is InChI=1S/C26H24F3NO/c1-19(12-13-20-8-4-2-5-9-20)24(22-14-16-23(17-15-22)26(27,28)29)25(31)30-18-21-10-6-3-7-11-21/h2-17,19,24H,18H2,1H3,(H,30,31)/b13-12+/t19-,24-/m0/s1. The molecule has 0 radical (unpaired) electrons. The number of hydrogen-bond acceptors (Lipinski definition) is 1. The molecule has 0 aromatic heterocycles. The average molecular weight is 423 g/mol. The maximum atomic E-state index is 13.1. The van der Waals surface area contributed by atoms with Crippen LogP contribution in [0.15, 0.2) is 91.0 Å². The van der Waals surface area contributed by atoms with E-state index < -0.39 is 17.7 Å². The first-order chi connectivity index (χ1) is 14.8. The van der Waals surface area contributed by atoms with Crippen LogP contribution in [0.25, 0.3) is 6.08 Å². The molecule has 0 aliphatic heterocycles. The highest BCUT2D eigenvalue weighted by atomic mass is 19.4. The van der Waals surface area contributed by atoms with Crippen LogP contribution in [0.5, 0.6) is 0 Å². The third-order valence-electron chi connectivity index (χ3n) is 5.11. The lowest BCUT2D eigenvalue weighted by Gasteiger charge is -2.22. The zero-order chi connectivity index (χ0) is 22.3. The quantitative estimate of drug-likeness (QED) is 0.465. The lowest BCUT2D eigenvalue weighted by molar-refractivity contribution is -0.137. The highest BCUT2D eigenvalue weighted by molar-refractivity contribution is 5.84. The average Bonchev–Trinajstić information content (AvgIpc) is 2.77. The summed E-state index contributed by atoms with van der Waals surface area (Å²) in [5.41, 5.74) is 1.76. The highest BCUT2D eigenvalue weighted by Crippen LogP contribution is 2.32. The molecule has 3 rings (SSSR count). The van der Waals surface area contributed by atoms with Crippen molar-refractivity contribution in [3.63, 3.8) is 0 Å². The number of halogens is 3. The summed E-state index contributed by atoms with van der Waals surface area (Å²) in [7, 11) is 0. The summed E-state index contributed by atoms with van der Waals surface area (Å²) in [6.07, 6.45) is -0.575. The summed E-state index contributed by atoms with van der Waals surface area (Å²) in [6, 6.07) is 24.0. The lowest BCUT2D eigenvalue weighted by atomic mass is 9.85. The molecule has 2 atom stereocenters. The van der Waals surface area contributed by atoms with Gasteiger partial charge in [0.2, 0.25) is 5.91 Å². The van der Waals surface area contributed by atoms with Crippen molar-refractivity contribution in [2.24, 2.45) is 5.92 Å². The fourth-order valence-electron chi connectivity index (χ4n) is 3.41. The first-order valence-electron chi connectivity index (χ1n) is 10.1. The number of rotatable bonds is 7. The third-order valence-corrected chi connectivity index (χ3v) is 5.11. The minimum absolute atomic E-state index is 0.228. The second-order valence-corrected chi connectivity index (χ2v) is 7.43. The largest absolute Gasteiger partial charge is 0.416 e. The van der Waals surface area contributed by atoms with Gasteiger partial charge in [-0.15, -0.1) is 0 Å². The normalized spacial score (nSPS) is 13.7. The van der Waals surface area contributed by atoms with Gasteiger partial charge in [-0.3, -0.25) is 4.79 Å². The van der Waals surface area contributed by atoms with Crippen molar-refractivity contribution in [2.45, 2.75) is 25.6 Å². The van der Waals surface area contributed by atoms with Gasteiger partial charge in [-0.1, -0.05) is 91.9 Å². The highest BCUT2D eigenvalue weighted by Gasteiger charge is 2.31. The Kier molecular flexibility index (Phi) is 7.29. The molecule has 0 saturated carbocycles. The first-order valence-corrected chi connectivity index (χ1v) is 10.1. The van der Waals surface area contributed by atoms with Gasteiger partial charge in [-0.25, -0.2) is 0 Å². The lowest BCUT2D eigenvalue weighted by Crippen LogP contribution is -2.32. The predicted octanol–water partition coefficient (Wildman–Crippen LogP) is 6.45. The van der Waals surface area contributed by atoms with Crippen LogP contribution in [-0.4, -0.2) is 5.91 Å². The van der Waals surface area contributed by atoms with Gasteiger partial charge >= 0.3 is 6.18 Å². The van der Waals surface area contributed by atoms with E-state index in [9.17, 15) is 18.0 Å². The molecule has 0 aliphatic rings. The molecule has 0 aliphatic carbocycles. The predicted molar refractivity (Wildman–Crippen MR) is 117 cm³/mol. The number of carbonyl (C=O) groups excluding carboxylic acids is 1. The van der Waals surface area contributed by atoms with E-state index in [1.54, 1.807) is 0 Å². The van der Waals surface area contributed by atoms with Gasteiger partial charge in [0, 0.05) is 6.54 Å². The van der Waals surface area contributed by atoms with Crippen molar-refractivity contribution in [3.05, 3.63) is 113 Å². The third kappa shape index (κ3) is 6.32. The maximum Gasteiger partial charge on any atom is 0.416 e. The van der Waals surface area contributed by atoms with Crippen molar-refractivity contribution in [1.29, 1.82) is 0 Å². The number of carbonyl (C=O) groups is 1. The van der Waals surface area contributed by atoms with Gasteiger partial charge in [-0.05, 0) is 34.7 Å². The zero-order valence-electron chi connectivity index (χ0n) is 17.1. The number of benzene rings is 3. The molecule has 1 N–H and O–H groups in total. The van der Waals surface area contributed by atoms with Crippen LogP contribution in [-0.2, 0) is 17.5 Å². The minimum atomic E-state index is -4.41. The Labute approximate surface area is 180 Å². The molecule has 5 heteroatoms. The maximum absolute atomic E-state index is 13.1. The molecule has 0 unspecified atom stereocenters. The summed E-state index contributed by atoms with van der Waals surface area (Å²) in [6.45, 7) is 2.25. The van der Waals surface area contributed by atoms with Crippen LogP contribution >= 0.6 is 0 Å². The molecule has 0 bridgehead atoms. The minimum Gasteiger partial charge on any atom is -0.351 e. The van der Waals surface area contributed by atoms with E-state index in [1.165, 1.54) is 12.1 Å². The molecule has 0 fully saturated rings. The molecule has 0 spiro atoms. The van der Waals surface area contributed by atoms with Gasteiger partial charge < -0.3 is 5.32 Å². The Bertz CT molecular complexity index is 996. The van der Waals surface area contributed by atoms with Gasteiger partial charge in [0.05, 0.1) is 11.5 Å². The number of hydrogen-bond donors (Lipinski definition) is 1. The first kappa shape index (κ1) is 22.3. The van der Waals surface area contributed by atoms with Crippen molar-refractivity contribution >= 4 is 12.0 Å². The molecule has 3 aromatic carbocycles. The molecule has 3 aromatic rings. The summed E-state index contributed by atoms with van der Waals surface area (Å²) in [5.74, 6) is -1.08. The molecular weight excluding hydrogens is 399 g/mol. The van der Waals surface area contributed by atoms with E-state index in [2.05, 4.69) is 5.32 Å². The van der Waals surface area contributed by atoms with E-state index in [-0.39, 0.29) is 11.8 Å². The van der Waals surface area contributed by atoms with Crippen molar-refractivity contribution in [2.75, 3.05) is 0 Å². The van der Waals surface area contributed by atoms with Crippen LogP contribution in [0.4, 0.5) is 13.2 Å².